The summed E-state index contributed by atoms with van der Waals surface area (Å²) in [5.41, 5.74) is 2.48. The Bertz CT molecular complexity index is 797. The van der Waals surface area contributed by atoms with Gasteiger partial charge in [-0.2, -0.15) is 0 Å². The number of fused-ring (bicyclic) bond motifs is 3. The van der Waals surface area contributed by atoms with Crippen molar-refractivity contribution in [3.05, 3.63) is 65.7 Å². The predicted octanol–water partition coefficient (Wildman–Crippen LogP) is 4.96. The van der Waals surface area contributed by atoms with Crippen LogP contribution >= 0.6 is 0 Å². The number of nitrogens with one attached hydrogen (secondary N) is 1. The summed E-state index contributed by atoms with van der Waals surface area (Å²) in [5, 5.41) is 12.3. The zero-order chi connectivity index (χ0) is 13.2. The van der Waals surface area contributed by atoms with Crippen LogP contribution in [0, 0.1) is 12.3 Å². The molecular weight excluding hydrogens is 230 g/mol. The highest BCUT2D eigenvalue weighted by Crippen LogP contribution is 2.32. The highest BCUT2D eigenvalue weighted by atomic mass is 14.3. The highest BCUT2D eigenvalue weighted by molar-refractivity contribution is 6.12. The lowest BCUT2D eigenvalue weighted by atomic mass is 9.92. The molecule has 1 N–H and O–H groups in total. The lowest BCUT2D eigenvalue weighted by Gasteiger charge is -2.12. The van der Waals surface area contributed by atoms with Gasteiger partial charge < -0.3 is 5.41 Å². The van der Waals surface area contributed by atoms with E-state index in [2.05, 4.69) is 55.5 Å². The third kappa shape index (κ3) is 1.84. The molecule has 0 amide bonds. The minimum atomic E-state index is 1.21. The normalized spacial score (nSPS) is 11.4. The third-order valence-electron chi connectivity index (χ3n) is 3.60. The molecule has 3 aromatic carbocycles. The minimum absolute atomic E-state index is 1.21. The fourth-order valence-electron chi connectivity index (χ4n) is 2.70. The lowest BCUT2D eigenvalue weighted by molar-refractivity contribution is 1.52. The second-order valence-corrected chi connectivity index (χ2v) is 4.66. The molecule has 0 atom stereocenters. The van der Waals surface area contributed by atoms with Gasteiger partial charge in [0.1, 0.15) is 0 Å². The number of hydrogen-bond acceptors (Lipinski definition) is 1. The Labute approximate surface area is 112 Å². The lowest BCUT2D eigenvalue weighted by Crippen LogP contribution is -1.88. The first-order valence-corrected chi connectivity index (χ1v) is 6.40. The average Bonchev–Trinajstić information content (AvgIpc) is 2.47. The summed E-state index contributed by atoms with van der Waals surface area (Å²) < 4.78 is 0. The fourth-order valence-corrected chi connectivity index (χ4v) is 2.70. The van der Waals surface area contributed by atoms with Gasteiger partial charge in [0.2, 0.25) is 0 Å². The van der Waals surface area contributed by atoms with Crippen LogP contribution in [-0.2, 0) is 0 Å². The van der Waals surface area contributed by atoms with Crippen molar-refractivity contribution in [3.63, 3.8) is 0 Å². The Kier molecular flexibility index (Phi) is 2.88. The van der Waals surface area contributed by atoms with Crippen molar-refractivity contribution in [3.8, 4) is 0 Å². The molecule has 0 aliphatic rings. The molecule has 3 rings (SSSR count). The van der Waals surface area contributed by atoms with Crippen LogP contribution in [0.5, 0.6) is 0 Å². The van der Waals surface area contributed by atoms with Crippen LogP contribution in [0.25, 0.3) is 27.6 Å². The van der Waals surface area contributed by atoms with Crippen molar-refractivity contribution in [1.29, 1.82) is 5.41 Å². The van der Waals surface area contributed by atoms with Gasteiger partial charge in [-0.15, -0.1) is 0 Å². The van der Waals surface area contributed by atoms with Crippen molar-refractivity contribution in [2.75, 3.05) is 0 Å². The van der Waals surface area contributed by atoms with E-state index in [4.69, 9.17) is 5.41 Å². The van der Waals surface area contributed by atoms with E-state index >= 15 is 0 Å². The molecule has 0 fully saturated rings. The monoisotopic (exact) mass is 245 g/mol. The number of rotatable bonds is 2. The van der Waals surface area contributed by atoms with Crippen LogP contribution in [0.1, 0.15) is 11.1 Å². The molecular formula is C18H15N. The number of benzene rings is 3. The highest BCUT2D eigenvalue weighted by Gasteiger charge is 2.08. The zero-order valence-corrected chi connectivity index (χ0v) is 10.9. The van der Waals surface area contributed by atoms with Crippen LogP contribution in [0.4, 0.5) is 0 Å². The Balaban J connectivity index is 2.54. The molecule has 0 unspecified atom stereocenters. The van der Waals surface area contributed by atoms with Gasteiger partial charge in [-0.25, -0.2) is 0 Å². The van der Waals surface area contributed by atoms with E-state index < -0.39 is 0 Å². The van der Waals surface area contributed by atoms with E-state index in [0.717, 1.165) is 0 Å². The van der Waals surface area contributed by atoms with Crippen LogP contribution in [-0.4, -0.2) is 6.21 Å². The van der Waals surface area contributed by atoms with E-state index in [1.165, 1.54) is 38.9 Å². The molecule has 0 aromatic heterocycles. The molecule has 0 saturated heterocycles. The van der Waals surface area contributed by atoms with Gasteiger partial charge in [0.25, 0.3) is 0 Å². The van der Waals surface area contributed by atoms with Crippen LogP contribution in [0.3, 0.4) is 0 Å². The SMILES string of the molecule is Cc1c(/C=C\C=N)c2ccccc2c2ccccc12. The quantitative estimate of drug-likeness (QED) is 0.487. The molecule has 3 aromatic rings. The number of allylic oxidation sites excluding steroid dienone is 1. The molecule has 0 saturated carbocycles. The summed E-state index contributed by atoms with van der Waals surface area (Å²) in [7, 11) is 0. The van der Waals surface area contributed by atoms with Crippen molar-refractivity contribution in [2.24, 2.45) is 0 Å². The molecule has 0 heterocycles. The Morgan fingerprint density at radius 3 is 1.95 bits per heavy atom. The zero-order valence-electron chi connectivity index (χ0n) is 10.9. The molecule has 0 radical (unpaired) electrons. The minimum Gasteiger partial charge on any atom is -0.309 e. The number of hydrogen-bond donors (Lipinski definition) is 1. The topological polar surface area (TPSA) is 23.9 Å². The molecule has 1 nitrogen and oxygen atoms in total. The van der Waals surface area contributed by atoms with Gasteiger partial charge in [0, 0.05) is 6.21 Å². The van der Waals surface area contributed by atoms with Crippen molar-refractivity contribution >= 4 is 33.8 Å². The molecule has 0 aliphatic heterocycles. The maximum Gasteiger partial charge on any atom is 0.0177 e. The van der Waals surface area contributed by atoms with E-state index in [1.807, 2.05) is 6.08 Å². The maximum atomic E-state index is 7.18. The van der Waals surface area contributed by atoms with Crippen LogP contribution < -0.4 is 0 Å². The maximum absolute atomic E-state index is 7.18. The average molecular weight is 245 g/mol. The van der Waals surface area contributed by atoms with Crippen LogP contribution in [0.2, 0.25) is 0 Å². The van der Waals surface area contributed by atoms with E-state index in [0.29, 0.717) is 0 Å². The second kappa shape index (κ2) is 4.69. The molecule has 0 spiro atoms. The number of aryl methyl sites for hydroxylation is 1. The van der Waals surface area contributed by atoms with E-state index in [9.17, 15) is 0 Å². The van der Waals surface area contributed by atoms with Gasteiger partial charge in [-0.1, -0.05) is 54.6 Å². The fraction of sp³-hybridized carbons (Fsp3) is 0.0556. The first-order valence-electron chi connectivity index (χ1n) is 6.40. The van der Waals surface area contributed by atoms with E-state index in [-0.39, 0.29) is 0 Å². The Morgan fingerprint density at radius 1 is 0.789 bits per heavy atom. The molecule has 1 heteroatoms. The van der Waals surface area contributed by atoms with Gasteiger partial charge in [0.15, 0.2) is 0 Å². The van der Waals surface area contributed by atoms with Crippen LogP contribution in [0.15, 0.2) is 54.6 Å². The molecule has 92 valence electrons. The standard InChI is InChI=1S/C18H15N/c1-13-14-7-2-3-8-16(14)18-10-5-4-9-17(18)15(13)11-6-12-19/h2-12,19H,1H3/b11-6-,19-12?. The summed E-state index contributed by atoms with van der Waals surface area (Å²) in [4.78, 5) is 0. The van der Waals surface area contributed by atoms with E-state index in [1.54, 1.807) is 6.08 Å². The van der Waals surface area contributed by atoms with Crippen molar-refractivity contribution in [1.82, 2.24) is 0 Å². The molecule has 19 heavy (non-hydrogen) atoms. The van der Waals surface area contributed by atoms with Crippen molar-refractivity contribution in [2.45, 2.75) is 6.92 Å². The first kappa shape index (κ1) is 11.7. The molecule has 0 bridgehead atoms. The van der Waals surface area contributed by atoms with Gasteiger partial charge >= 0.3 is 0 Å². The molecule has 0 aliphatic carbocycles. The smallest absolute Gasteiger partial charge is 0.0177 e. The second-order valence-electron chi connectivity index (χ2n) is 4.66. The summed E-state index contributed by atoms with van der Waals surface area (Å²) >= 11 is 0. The Hall–Kier alpha value is -2.41. The summed E-state index contributed by atoms with van der Waals surface area (Å²) in [6.45, 7) is 2.15. The Morgan fingerprint density at radius 2 is 1.32 bits per heavy atom. The summed E-state index contributed by atoms with van der Waals surface area (Å²) in [6, 6.07) is 17.0. The summed E-state index contributed by atoms with van der Waals surface area (Å²) in [5.74, 6) is 0. The van der Waals surface area contributed by atoms with Crippen molar-refractivity contribution < 1.29 is 0 Å². The summed E-state index contributed by atoms with van der Waals surface area (Å²) in [6.07, 6.45) is 5.13. The third-order valence-corrected chi connectivity index (χ3v) is 3.60. The first-order chi connectivity index (χ1) is 9.33. The predicted molar refractivity (Wildman–Crippen MR) is 84.0 cm³/mol. The largest absolute Gasteiger partial charge is 0.309 e. The van der Waals surface area contributed by atoms with Gasteiger partial charge in [-0.05, 0) is 45.7 Å². The van der Waals surface area contributed by atoms with Gasteiger partial charge in [0.05, 0.1) is 0 Å². The van der Waals surface area contributed by atoms with Gasteiger partial charge in [-0.3, -0.25) is 0 Å².